The van der Waals surface area contributed by atoms with Crippen molar-refractivity contribution in [2.75, 3.05) is 19.6 Å². The van der Waals surface area contributed by atoms with Crippen LogP contribution in [0.25, 0.3) is 0 Å². The van der Waals surface area contributed by atoms with Gasteiger partial charge < -0.3 is 10.8 Å². The smallest absolute Gasteiger partial charge is 0.0894 e. The predicted octanol–water partition coefficient (Wildman–Crippen LogP) is 1.82. The van der Waals surface area contributed by atoms with Gasteiger partial charge in [0.05, 0.1) is 5.60 Å². The van der Waals surface area contributed by atoms with Crippen molar-refractivity contribution in [2.24, 2.45) is 5.73 Å². The highest BCUT2D eigenvalue weighted by atomic mass is 16.3. The minimum Gasteiger partial charge on any atom is -0.388 e. The van der Waals surface area contributed by atoms with E-state index >= 15 is 0 Å². The van der Waals surface area contributed by atoms with Crippen LogP contribution >= 0.6 is 0 Å². The summed E-state index contributed by atoms with van der Waals surface area (Å²) in [4.78, 5) is 2.49. The van der Waals surface area contributed by atoms with E-state index in [1.165, 1.54) is 24.0 Å². The molecule has 0 bridgehead atoms. The fourth-order valence-corrected chi connectivity index (χ4v) is 4.77. The average molecular weight is 286 g/mol. The van der Waals surface area contributed by atoms with Gasteiger partial charge in [-0.1, -0.05) is 24.3 Å². The Balaban J connectivity index is 1.74. The number of aryl methyl sites for hydroxylation is 1. The van der Waals surface area contributed by atoms with E-state index in [9.17, 15) is 5.11 Å². The minimum absolute atomic E-state index is 0.245. The lowest BCUT2D eigenvalue weighted by Gasteiger charge is -2.48. The molecule has 4 rings (SSSR count). The van der Waals surface area contributed by atoms with Gasteiger partial charge in [-0.25, -0.2) is 0 Å². The fraction of sp³-hybridized carbons (Fsp3) is 0.667. The molecule has 1 aliphatic heterocycles. The second-order valence-electron chi connectivity index (χ2n) is 7.28. The largest absolute Gasteiger partial charge is 0.388 e. The van der Waals surface area contributed by atoms with Gasteiger partial charge in [0.1, 0.15) is 0 Å². The molecule has 1 saturated carbocycles. The topological polar surface area (TPSA) is 49.5 Å². The van der Waals surface area contributed by atoms with Gasteiger partial charge in [-0.3, -0.25) is 4.90 Å². The molecule has 1 aromatic carbocycles. The van der Waals surface area contributed by atoms with Crippen LogP contribution in [-0.2, 0) is 11.8 Å². The normalized spacial score (nSPS) is 36.7. The van der Waals surface area contributed by atoms with E-state index in [0.29, 0.717) is 6.54 Å². The van der Waals surface area contributed by atoms with Crippen molar-refractivity contribution in [2.45, 2.75) is 55.6 Å². The first kappa shape index (κ1) is 13.7. The monoisotopic (exact) mass is 286 g/mol. The van der Waals surface area contributed by atoms with Crippen LogP contribution in [0.2, 0.25) is 0 Å². The standard InChI is InChI=1S/C18H26N2O/c19-12-17(9-3-5-14-4-1-2-6-16(14)17)18(21)10-11-20(13-18)15-7-8-15/h1-2,4,6,15,21H,3,5,7-13,19H2. The zero-order valence-corrected chi connectivity index (χ0v) is 12.7. The number of hydrogen-bond acceptors (Lipinski definition) is 3. The quantitative estimate of drug-likeness (QED) is 0.891. The lowest BCUT2D eigenvalue weighted by Crippen LogP contribution is -2.59. The third-order valence-corrected chi connectivity index (χ3v) is 6.16. The second-order valence-corrected chi connectivity index (χ2v) is 7.28. The maximum atomic E-state index is 11.5. The molecule has 3 heteroatoms. The number of β-amino-alcohol motifs (C(OH)–C–C–N with tert-alkyl or cyclic N) is 1. The van der Waals surface area contributed by atoms with Crippen LogP contribution in [0.4, 0.5) is 0 Å². The van der Waals surface area contributed by atoms with E-state index < -0.39 is 5.60 Å². The molecule has 0 amide bonds. The summed E-state index contributed by atoms with van der Waals surface area (Å²) in [5, 5.41) is 11.5. The van der Waals surface area contributed by atoms with Gasteiger partial charge in [0.15, 0.2) is 0 Å². The molecule has 3 N–H and O–H groups in total. The number of nitrogens with two attached hydrogens (primary N) is 1. The number of nitrogens with zero attached hydrogens (tertiary/aromatic N) is 1. The van der Waals surface area contributed by atoms with E-state index in [-0.39, 0.29) is 5.41 Å². The van der Waals surface area contributed by atoms with Crippen molar-refractivity contribution in [3.05, 3.63) is 35.4 Å². The summed E-state index contributed by atoms with van der Waals surface area (Å²) in [5.41, 5.74) is 8.09. The van der Waals surface area contributed by atoms with Crippen LogP contribution in [0.5, 0.6) is 0 Å². The Morgan fingerprint density at radius 3 is 2.81 bits per heavy atom. The molecule has 21 heavy (non-hydrogen) atoms. The first-order chi connectivity index (χ1) is 10.2. The van der Waals surface area contributed by atoms with Gasteiger partial charge in [-0.05, 0) is 49.7 Å². The van der Waals surface area contributed by atoms with E-state index in [1.807, 2.05) is 0 Å². The lowest BCUT2D eigenvalue weighted by molar-refractivity contribution is -0.0363. The Labute approximate surface area is 127 Å². The zero-order chi connectivity index (χ0) is 14.5. The van der Waals surface area contributed by atoms with E-state index in [1.54, 1.807) is 0 Å². The number of benzene rings is 1. The van der Waals surface area contributed by atoms with Crippen LogP contribution in [0.1, 0.15) is 43.2 Å². The third-order valence-electron chi connectivity index (χ3n) is 6.16. The first-order valence-corrected chi connectivity index (χ1v) is 8.43. The zero-order valence-electron chi connectivity index (χ0n) is 12.7. The predicted molar refractivity (Wildman–Crippen MR) is 84.3 cm³/mol. The van der Waals surface area contributed by atoms with Gasteiger partial charge in [-0.15, -0.1) is 0 Å². The Hall–Kier alpha value is -0.900. The summed E-state index contributed by atoms with van der Waals surface area (Å²) in [6, 6.07) is 9.37. The molecule has 114 valence electrons. The van der Waals surface area contributed by atoms with Crippen molar-refractivity contribution >= 4 is 0 Å². The second kappa shape index (κ2) is 4.80. The molecule has 2 atom stereocenters. The number of aliphatic hydroxyl groups is 1. The average Bonchev–Trinajstić information content (AvgIpc) is 3.29. The van der Waals surface area contributed by atoms with Crippen molar-refractivity contribution in [1.29, 1.82) is 0 Å². The molecular formula is C18H26N2O. The van der Waals surface area contributed by atoms with Crippen molar-refractivity contribution < 1.29 is 5.11 Å². The number of hydrogen-bond donors (Lipinski definition) is 2. The maximum Gasteiger partial charge on any atom is 0.0894 e. The van der Waals surface area contributed by atoms with Crippen LogP contribution in [-0.4, -0.2) is 41.3 Å². The highest BCUT2D eigenvalue weighted by molar-refractivity contribution is 5.41. The molecule has 2 fully saturated rings. The van der Waals surface area contributed by atoms with Crippen molar-refractivity contribution in [3.8, 4) is 0 Å². The van der Waals surface area contributed by atoms with E-state index in [0.717, 1.165) is 44.8 Å². The van der Waals surface area contributed by atoms with Gasteiger partial charge in [0.2, 0.25) is 0 Å². The Morgan fingerprint density at radius 1 is 1.24 bits per heavy atom. The number of fused-ring (bicyclic) bond motifs is 1. The molecule has 0 radical (unpaired) electrons. The van der Waals surface area contributed by atoms with Crippen LogP contribution < -0.4 is 5.73 Å². The molecule has 2 aliphatic carbocycles. The number of likely N-dealkylation sites (tertiary alicyclic amines) is 1. The lowest BCUT2D eigenvalue weighted by atomic mass is 9.60. The Kier molecular flexibility index (Phi) is 3.14. The summed E-state index contributed by atoms with van der Waals surface area (Å²) >= 11 is 0. The van der Waals surface area contributed by atoms with E-state index in [2.05, 4.69) is 29.2 Å². The minimum atomic E-state index is -0.652. The Bertz CT molecular complexity index is 542. The number of rotatable bonds is 3. The molecule has 1 heterocycles. The SMILES string of the molecule is NCC1(C2(O)CCN(C3CC3)C2)CCCc2ccccc21. The van der Waals surface area contributed by atoms with Crippen LogP contribution in [0.15, 0.2) is 24.3 Å². The maximum absolute atomic E-state index is 11.5. The highest BCUT2D eigenvalue weighted by Crippen LogP contribution is 2.49. The molecule has 3 nitrogen and oxygen atoms in total. The van der Waals surface area contributed by atoms with Gasteiger partial charge in [0, 0.05) is 31.1 Å². The van der Waals surface area contributed by atoms with Crippen molar-refractivity contribution in [1.82, 2.24) is 4.90 Å². The van der Waals surface area contributed by atoms with E-state index in [4.69, 9.17) is 5.73 Å². The van der Waals surface area contributed by atoms with Crippen molar-refractivity contribution in [3.63, 3.8) is 0 Å². The third kappa shape index (κ3) is 1.98. The molecule has 0 spiro atoms. The summed E-state index contributed by atoms with van der Waals surface area (Å²) in [7, 11) is 0. The van der Waals surface area contributed by atoms with Crippen LogP contribution in [0.3, 0.4) is 0 Å². The summed E-state index contributed by atoms with van der Waals surface area (Å²) in [5.74, 6) is 0. The molecule has 0 aromatic heterocycles. The molecule has 3 aliphatic rings. The molecular weight excluding hydrogens is 260 g/mol. The van der Waals surface area contributed by atoms with Gasteiger partial charge >= 0.3 is 0 Å². The van der Waals surface area contributed by atoms with Crippen LogP contribution in [0, 0.1) is 0 Å². The van der Waals surface area contributed by atoms with Gasteiger partial charge in [0.25, 0.3) is 0 Å². The summed E-state index contributed by atoms with van der Waals surface area (Å²) in [6.07, 6.45) is 6.77. The summed E-state index contributed by atoms with van der Waals surface area (Å²) < 4.78 is 0. The molecule has 1 saturated heterocycles. The van der Waals surface area contributed by atoms with Gasteiger partial charge in [-0.2, -0.15) is 0 Å². The first-order valence-electron chi connectivity index (χ1n) is 8.43. The Morgan fingerprint density at radius 2 is 2.05 bits per heavy atom. The highest BCUT2D eigenvalue weighted by Gasteiger charge is 2.56. The fourth-order valence-electron chi connectivity index (χ4n) is 4.77. The molecule has 2 unspecified atom stereocenters. The molecule has 1 aromatic rings. The summed E-state index contributed by atoms with van der Waals surface area (Å²) in [6.45, 7) is 2.40.